The molecule has 0 atom stereocenters. The molecule has 2 rings (SSSR count). The van der Waals surface area contributed by atoms with E-state index in [-0.39, 0.29) is 17.7 Å². The molecule has 0 saturated heterocycles. The van der Waals surface area contributed by atoms with Gasteiger partial charge in [-0.1, -0.05) is 27.7 Å². The second kappa shape index (κ2) is 11.2. The van der Waals surface area contributed by atoms with Gasteiger partial charge >= 0.3 is 0 Å². The molecule has 11 nitrogen and oxygen atoms in total. The van der Waals surface area contributed by atoms with Gasteiger partial charge in [-0.3, -0.25) is 4.79 Å². The van der Waals surface area contributed by atoms with Crippen LogP contribution in [0.4, 0.5) is 0 Å². The number of nitrogens with zero attached hydrogens (tertiary/aromatic N) is 4. The maximum atomic E-state index is 11.7. The summed E-state index contributed by atoms with van der Waals surface area (Å²) >= 11 is 2.04. The summed E-state index contributed by atoms with van der Waals surface area (Å²) in [6.07, 6.45) is 1.04. The second-order valence-electron chi connectivity index (χ2n) is 5.39. The van der Waals surface area contributed by atoms with Crippen molar-refractivity contribution in [2.24, 2.45) is 0 Å². The zero-order valence-electron chi connectivity index (χ0n) is 15.1. The summed E-state index contributed by atoms with van der Waals surface area (Å²) < 4.78 is 41.0. The molecule has 0 spiro atoms. The number of ether oxygens (including phenoxy) is 3. The predicted octanol–water partition coefficient (Wildman–Crippen LogP) is -0.0135. The van der Waals surface area contributed by atoms with Gasteiger partial charge < -0.3 is 19.5 Å². The van der Waals surface area contributed by atoms with Crippen molar-refractivity contribution in [3.8, 4) is 11.4 Å². The minimum atomic E-state index is -3.54. The highest BCUT2D eigenvalue weighted by Crippen LogP contribution is 2.16. The zero-order valence-corrected chi connectivity index (χ0v) is 18.1. The van der Waals surface area contributed by atoms with E-state index in [4.69, 9.17) is 14.2 Å². The summed E-state index contributed by atoms with van der Waals surface area (Å²) in [7, 11) is -3.54. The van der Waals surface area contributed by atoms with Crippen LogP contribution in [0.5, 0.6) is 5.75 Å². The molecule has 0 radical (unpaired) electrons. The highest BCUT2D eigenvalue weighted by atomic mass is 127. The largest absolute Gasteiger partial charge is 0.491 e. The number of sulfone groups is 1. The number of halogens is 1. The number of aromatic nitrogens is 4. The third-order valence-corrected chi connectivity index (χ3v) is 4.52. The van der Waals surface area contributed by atoms with E-state index < -0.39 is 9.84 Å². The summed E-state index contributed by atoms with van der Waals surface area (Å²) in [5, 5.41) is 13.0. The Morgan fingerprint density at radius 2 is 1.82 bits per heavy atom. The molecule has 0 saturated carbocycles. The van der Waals surface area contributed by atoms with Crippen LogP contribution in [0.15, 0.2) is 29.4 Å². The summed E-state index contributed by atoms with van der Waals surface area (Å²) in [5.74, 6) is 0.430. The molecule has 154 valence electrons. The van der Waals surface area contributed by atoms with Crippen molar-refractivity contribution >= 4 is 38.3 Å². The fraction of sp³-hybridized carbons (Fsp3) is 0.467. The Hall–Kier alpha value is -1.84. The van der Waals surface area contributed by atoms with Crippen LogP contribution < -0.4 is 10.1 Å². The molecule has 0 fully saturated rings. The molecule has 0 aliphatic heterocycles. The van der Waals surface area contributed by atoms with Gasteiger partial charge in [0.2, 0.25) is 15.7 Å². The number of amides is 1. The van der Waals surface area contributed by atoms with E-state index in [1.807, 2.05) is 22.6 Å². The number of hydrogen-bond donors (Lipinski definition) is 1. The average molecular weight is 525 g/mol. The molecule has 0 unspecified atom stereocenters. The maximum Gasteiger partial charge on any atom is 0.272 e. The van der Waals surface area contributed by atoms with E-state index in [1.165, 1.54) is 0 Å². The summed E-state index contributed by atoms with van der Waals surface area (Å²) in [6, 6.07) is 6.65. The highest BCUT2D eigenvalue weighted by Gasteiger charge is 2.18. The van der Waals surface area contributed by atoms with Gasteiger partial charge in [-0.25, -0.2) is 8.42 Å². The molecule has 1 aromatic heterocycles. The molecular formula is C15H20IN5O6S. The van der Waals surface area contributed by atoms with E-state index in [0.29, 0.717) is 42.4 Å². The monoisotopic (exact) mass is 525 g/mol. The van der Waals surface area contributed by atoms with E-state index >= 15 is 0 Å². The van der Waals surface area contributed by atoms with Crippen molar-refractivity contribution in [2.45, 2.75) is 5.16 Å². The molecule has 1 aromatic carbocycles. The van der Waals surface area contributed by atoms with Gasteiger partial charge in [0.15, 0.2) is 0 Å². The lowest BCUT2D eigenvalue weighted by molar-refractivity contribution is -0.125. The predicted molar refractivity (Wildman–Crippen MR) is 106 cm³/mol. The molecule has 28 heavy (non-hydrogen) atoms. The van der Waals surface area contributed by atoms with E-state index in [0.717, 1.165) is 10.9 Å². The maximum absolute atomic E-state index is 11.7. The Morgan fingerprint density at radius 3 is 2.50 bits per heavy atom. The van der Waals surface area contributed by atoms with Gasteiger partial charge in [0.1, 0.15) is 19.0 Å². The standard InChI is InChI=1S/C15H20IN5O6S/c1-28(23,24)15-18-19-20-21(15)12-2-4-13(5-3-12)27-9-8-25-6-7-26-10-14(22)17-11-16/h2-5H,6-11H2,1H3,(H,17,22). The molecule has 0 aliphatic rings. The lowest BCUT2D eigenvalue weighted by Crippen LogP contribution is -2.26. The number of hydrogen-bond acceptors (Lipinski definition) is 9. The van der Waals surface area contributed by atoms with Crippen molar-refractivity contribution in [1.29, 1.82) is 0 Å². The molecule has 13 heteroatoms. The molecule has 1 N–H and O–H groups in total. The van der Waals surface area contributed by atoms with Crippen LogP contribution in [-0.4, -0.2) is 78.4 Å². The van der Waals surface area contributed by atoms with Gasteiger partial charge in [-0.05, 0) is 34.7 Å². The first-order chi connectivity index (χ1) is 13.4. The summed E-state index contributed by atoms with van der Waals surface area (Å²) in [6.45, 7) is 1.37. The van der Waals surface area contributed by atoms with Crippen molar-refractivity contribution in [2.75, 3.05) is 43.8 Å². The number of alkyl halides is 1. The van der Waals surface area contributed by atoms with Crippen molar-refractivity contribution in [3.63, 3.8) is 0 Å². The van der Waals surface area contributed by atoms with Crippen LogP contribution in [0, 0.1) is 0 Å². The summed E-state index contributed by atoms with van der Waals surface area (Å²) in [5.41, 5.74) is 0.498. The van der Waals surface area contributed by atoms with Crippen LogP contribution in [0.2, 0.25) is 0 Å². The van der Waals surface area contributed by atoms with E-state index in [2.05, 4.69) is 20.8 Å². The Balaban J connectivity index is 1.69. The topological polar surface area (TPSA) is 135 Å². The Labute approximate surface area is 175 Å². The molecule has 0 bridgehead atoms. The van der Waals surface area contributed by atoms with Crippen LogP contribution in [0.3, 0.4) is 0 Å². The average Bonchev–Trinajstić information content (AvgIpc) is 3.15. The van der Waals surface area contributed by atoms with Crippen molar-refractivity contribution < 1.29 is 27.4 Å². The number of nitrogens with one attached hydrogen (secondary N) is 1. The van der Waals surface area contributed by atoms with Crippen LogP contribution in [-0.2, 0) is 24.1 Å². The Morgan fingerprint density at radius 1 is 1.14 bits per heavy atom. The first-order valence-corrected chi connectivity index (χ1v) is 11.5. The first kappa shape index (κ1) is 22.4. The number of carbonyl (C=O) groups excluding carboxylic acids is 1. The lowest BCUT2D eigenvalue weighted by atomic mass is 10.3. The first-order valence-electron chi connectivity index (χ1n) is 8.11. The Bertz CT molecular complexity index is 858. The molecule has 1 amide bonds. The zero-order chi connectivity index (χ0) is 20.4. The number of tetrazole rings is 1. The smallest absolute Gasteiger partial charge is 0.272 e. The molecule has 1 heterocycles. The minimum absolute atomic E-state index is 0.0115. The van der Waals surface area contributed by atoms with Crippen LogP contribution in [0.25, 0.3) is 5.69 Å². The fourth-order valence-electron chi connectivity index (χ4n) is 1.98. The van der Waals surface area contributed by atoms with Crippen LogP contribution in [0.1, 0.15) is 0 Å². The molecular weight excluding hydrogens is 505 g/mol. The van der Waals surface area contributed by atoms with Crippen molar-refractivity contribution in [3.05, 3.63) is 24.3 Å². The van der Waals surface area contributed by atoms with Crippen molar-refractivity contribution in [1.82, 2.24) is 25.5 Å². The van der Waals surface area contributed by atoms with Gasteiger partial charge in [0.25, 0.3) is 5.16 Å². The van der Waals surface area contributed by atoms with Gasteiger partial charge in [0, 0.05) is 6.26 Å². The van der Waals surface area contributed by atoms with Gasteiger partial charge in [0.05, 0.1) is 30.1 Å². The minimum Gasteiger partial charge on any atom is -0.491 e. The third kappa shape index (κ3) is 7.29. The number of rotatable bonds is 12. The lowest BCUT2D eigenvalue weighted by Gasteiger charge is -2.09. The Kier molecular flexibility index (Phi) is 9.01. The molecule has 2 aromatic rings. The van der Waals surface area contributed by atoms with Gasteiger partial charge in [-0.15, -0.1) is 0 Å². The summed E-state index contributed by atoms with van der Waals surface area (Å²) in [4.78, 5) is 11.2. The number of benzene rings is 1. The van der Waals surface area contributed by atoms with Crippen LogP contribution >= 0.6 is 22.6 Å². The quantitative estimate of drug-likeness (QED) is 0.176. The molecule has 0 aliphatic carbocycles. The van der Waals surface area contributed by atoms with E-state index in [1.54, 1.807) is 24.3 Å². The third-order valence-electron chi connectivity index (χ3n) is 3.22. The van der Waals surface area contributed by atoms with E-state index in [9.17, 15) is 13.2 Å². The fourth-order valence-corrected chi connectivity index (χ4v) is 3.05. The number of carbonyl (C=O) groups is 1. The van der Waals surface area contributed by atoms with Gasteiger partial charge in [-0.2, -0.15) is 4.68 Å². The highest BCUT2D eigenvalue weighted by molar-refractivity contribution is 14.1. The SMILES string of the molecule is CS(=O)(=O)c1nnnn1-c1ccc(OCCOCCOCC(=O)NCI)cc1. The second-order valence-corrected chi connectivity index (χ2v) is 8.06. The normalized spacial score (nSPS) is 11.4.